The Balaban J connectivity index is 2.15. The van der Waals surface area contributed by atoms with Gasteiger partial charge in [-0.3, -0.25) is 0 Å². The molecule has 0 aromatic heterocycles. The summed E-state index contributed by atoms with van der Waals surface area (Å²) >= 11 is 0. The molecule has 0 aliphatic heterocycles. The normalized spacial score (nSPS) is 55.7. The van der Waals surface area contributed by atoms with Gasteiger partial charge in [-0.1, -0.05) is 39.8 Å². The zero-order valence-corrected chi connectivity index (χ0v) is 10.6. The van der Waals surface area contributed by atoms with E-state index in [0.717, 1.165) is 11.8 Å². The Morgan fingerprint density at radius 1 is 1.20 bits per heavy atom. The maximum atomic E-state index is 2.58. The maximum absolute atomic E-state index is 2.58. The van der Waals surface area contributed by atoms with Crippen molar-refractivity contribution in [3.8, 4) is 0 Å². The highest BCUT2D eigenvalue weighted by Gasteiger charge is 2.68. The third kappa shape index (κ3) is 0.905. The van der Waals surface area contributed by atoms with Crippen molar-refractivity contribution in [2.45, 2.75) is 53.4 Å². The highest BCUT2D eigenvalue weighted by atomic mass is 14.7. The van der Waals surface area contributed by atoms with Gasteiger partial charge in [-0.15, -0.1) is 0 Å². The van der Waals surface area contributed by atoms with Crippen LogP contribution in [0.1, 0.15) is 53.4 Å². The minimum Gasteiger partial charge on any atom is -0.0877 e. The highest BCUT2D eigenvalue weighted by Crippen LogP contribution is 2.76. The van der Waals surface area contributed by atoms with Crippen molar-refractivity contribution < 1.29 is 0 Å². The van der Waals surface area contributed by atoms with Crippen molar-refractivity contribution in [2.24, 2.45) is 28.1 Å². The van der Waals surface area contributed by atoms with Crippen LogP contribution in [0, 0.1) is 28.1 Å². The summed E-state index contributed by atoms with van der Waals surface area (Å²) in [5.41, 5.74) is 1.86. The van der Waals surface area contributed by atoms with E-state index in [1.165, 1.54) is 25.7 Å². The summed E-state index contributed by atoms with van der Waals surface area (Å²) in [5.74, 6) is 1.78. The zero-order valence-electron chi connectivity index (χ0n) is 10.6. The first-order valence-electron chi connectivity index (χ1n) is 6.59. The molecule has 84 valence electrons. The van der Waals surface area contributed by atoms with E-state index in [1.807, 2.05) is 0 Å². The van der Waals surface area contributed by atoms with Crippen LogP contribution in [0.2, 0.25) is 0 Å². The van der Waals surface area contributed by atoms with Gasteiger partial charge in [-0.05, 0) is 53.8 Å². The lowest BCUT2D eigenvalue weighted by molar-refractivity contribution is 0.0576. The summed E-state index contributed by atoms with van der Waals surface area (Å²) in [6, 6.07) is 0. The molecule has 3 aliphatic rings. The minimum absolute atomic E-state index is 0.591. The van der Waals surface area contributed by atoms with Gasteiger partial charge in [0, 0.05) is 0 Å². The van der Waals surface area contributed by atoms with Crippen LogP contribution in [0.4, 0.5) is 0 Å². The fourth-order valence-electron chi connectivity index (χ4n) is 5.79. The Kier molecular flexibility index (Phi) is 1.67. The molecule has 0 spiro atoms. The molecular formula is C15H24. The second kappa shape index (κ2) is 2.52. The third-order valence-electron chi connectivity index (χ3n) is 6.34. The predicted molar refractivity (Wildman–Crippen MR) is 64.6 cm³/mol. The Labute approximate surface area is 94.1 Å². The summed E-state index contributed by atoms with van der Waals surface area (Å²) in [5, 5.41) is 0. The molecule has 3 aliphatic carbocycles. The van der Waals surface area contributed by atoms with E-state index in [9.17, 15) is 0 Å². The third-order valence-corrected chi connectivity index (χ3v) is 6.34. The SMILES string of the molecule is CC1C=CCC2(C)C3CCC12CC3(C)C. The zero-order chi connectivity index (χ0) is 10.9. The summed E-state index contributed by atoms with van der Waals surface area (Å²) in [4.78, 5) is 0. The van der Waals surface area contributed by atoms with Crippen molar-refractivity contribution >= 4 is 0 Å². The number of hydrogen-bond acceptors (Lipinski definition) is 0. The van der Waals surface area contributed by atoms with Crippen LogP contribution in [0.5, 0.6) is 0 Å². The number of hydrogen-bond donors (Lipinski definition) is 0. The molecule has 15 heavy (non-hydrogen) atoms. The van der Waals surface area contributed by atoms with Gasteiger partial charge in [0.2, 0.25) is 0 Å². The van der Waals surface area contributed by atoms with Gasteiger partial charge in [0.25, 0.3) is 0 Å². The van der Waals surface area contributed by atoms with E-state index in [4.69, 9.17) is 0 Å². The van der Waals surface area contributed by atoms with Crippen molar-refractivity contribution in [2.75, 3.05) is 0 Å². The molecule has 3 rings (SSSR count). The van der Waals surface area contributed by atoms with Crippen molar-refractivity contribution in [3.63, 3.8) is 0 Å². The van der Waals surface area contributed by atoms with E-state index in [1.54, 1.807) is 0 Å². The number of rotatable bonds is 0. The molecule has 2 fully saturated rings. The molecule has 0 saturated heterocycles. The van der Waals surface area contributed by atoms with Crippen LogP contribution < -0.4 is 0 Å². The van der Waals surface area contributed by atoms with Gasteiger partial charge in [0.1, 0.15) is 0 Å². The largest absolute Gasteiger partial charge is 0.0877 e. The van der Waals surface area contributed by atoms with Gasteiger partial charge < -0.3 is 0 Å². The molecule has 0 N–H and O–H groups in total. The van der Waals surface area contributed by atoms with Gasteiger partial charge in [-0.2, -0.15) is 0 Å². The fraction of sp³-hybridized carbons (Fsp3) is 0.867. The van der Waals surface area contributed by atoms with Crippen LogP contribution in [-0.4, -0.2) is 0 Å². The highest BCUT2D eigenvalue weighted by molar-refractivity contribution is 5.23. The number of allylic oxidation sites excluding steroid dienone is 2. The molecule has 4 atom stereocenters. The average molecular weight is 204 g/mol. The van der Waals surface area contributed by atoms with Crippen LogP contribution in [-0.2, 0) is 0 Å². The molecule has 2 bridgehead atoms. The molecule has 0 radical (unpaired) electrons. The Morgan fingerprint density at radius 2 is 1.93 bits per heavy atom. The van der Waals surface area contributed by atoms with Crippen LogP contribution in [0.3, 0.4) is 0 Å². The standard InChI is InChI=1S/C15H24/c1-11-6-5-8-14(4)12-7-9-15(11,14)10-13(12,2)3/h5-6,11-12H,7-10H2,1-4H3. The second-order valence-electron chi connectivity index (χ2n) is 7.25. The first-order chi connectivity index (χ1) is 6.92. The fourth-order valence-corrected chi connectivity index (χ4v) is 5.79. The molecule has 0 amide bonds. The van der Waals surface area contributed by atoms with Gasteiger partial charge >= 0.3 is 0 Å². The van der Waals surface area contributed by atoms with Gasteiger partial charge in [-0.25, -0.2) is 0 Å². The molecule has 0 aromatic rings. The quantitative estimate of drug-likeness (QED) is 0.513. The minimum atomic E-state index is 0.591. The van der Waals surface area contributed by atoms with Crippen molar-refractivity contribution in [1.82, 2.24) is 0 Å². The van der Waals surface area contributed by atoms with Crippen LogP contribution >= 0.6 is 0 Å². The Bertz CT molecular complexity index is 325. The Hall–Kier alpha value is -0.260. The second-order valence-corrected chi connectivity index (χ2v) is 7.25. The van der Waals surface area contributed by atoms with E-state index < -0.39 is 0 Å². The summed E-state index contributed by atoms with van der Waals surface area (Å²) in [6.07, 6.45) is 10.7. The first-order valence-corrected chi connectivity index (χ1v) is 6.59. The summed E-state index contributed by atoms with van der Waals surface area (Å²) in [7, 11) is 0. The van der Waals surface area contributed by atoms with Gasteiger partial charge in [0.15, 0.2) is 0 Å². The molecule has 0 nitrogen and oxygen atoms in total. The molecule has 0 heterocycles. The van der Waals surface area contributed by atoms with E-state index in [-0.39, 0.29) is 0 Å². The maximum Gasteiger partial charge on any atom is -0.0172 e. The lowest BCUT2D eigenvalue weighted by Crippen LogP contribution is -2.39. The van der Waals surface area contributed by atoms with Gasteiger partial charge in [0.05, 0.1) is 0 Å². The van der Waals surface area contributed by atoms with Crippen LogP contribution in [0.15, 0.2) is 12.2 Å². The molecule has 0 heteroatoms. The summed E-state index contributed by atoms with van der Waals surface area (Å²) < 4.78 is 0. The lowest BCUT2D eigenvalue weighted by atomic mass is 9.58. The Morgan fingerprint density at radius 3 is 2.53 bits per heavy atom. The monoisotopic (exact) mass is 204 g/mol. The summed E-state index contributed by atoms with van der Waals surface area (Å²) in [6.45, 7) is 10.1. The lowest BCUT2D eigenvalue weighted by Gasteiger charge is -2.47. The van der Waals surface area contributed by atoms with E-state index in [0.29, 0.717) is 16.2 Å². The molecular weight excluding hydrogens is 180 g/mol. The smallest absolute Gasteiger partial charge is 0.0172 e. The first kappa shape index (κ1) is 9.93. The van der Waals surface area contributed by atoms with E-state index in [2.05, 4.69) is 39.8 Å². The molecule has 0 aromatic carbocycles. The topological polar surface area (TPSA) is 0 Å². The average Bonchev–Trinajstić information content (AvgIpc) is 2.50. The van der Waals surface area contributed by atoms with Crippen LogP contribution in [0.25, 0.3) is 0 Å². The van der Waals surface area contributed by atoms with Crippen molar-refractivity contribution in [3.05, 3.63) is 12.2 Å². The predicted octanol–water partition coefficient (Wildman–Crippen LogP) is 4.42. The van der Waals surface area contributed by atoms with Crippen molar-refractivity contribution in [1.29, 1.82) is 0 Å². The molecule has 4 unspecified atom stereocenters. The van der Waals surface area contributed by atoms with E-state index >= 15 is 0 Å². The molecule has 2 saturated carbocycles.